The van der Waals surface area contributed by atoms with Gasteiger partial charge in [0.15, 0.2) is 0 Å². The first-order valence-corrected chi connectivity index (χ1v) is 14.0. The molecule has 175 valence electrons. The minimum absolute atomic E-state index is 0.0931. The topological polar surface area (TPSA) is 49.0 Å². The lowest BCUT2D eigenvalue weighted by atomic mass is 9.91. The van der Waals surface area contributed by atoms with Gasteiger partial charge in [0, 0.05) is 32.4 Å². The van der Waals surface area contributed by atoms with Gasteiger partial charge < -0.3 is 18.1 Å². The smallest absolute Gasteiger partial charge is 0.374 e. The summed E-state index contributed by atoms with van der Waals surface area (Å²) in [7, 11) is -2.56. The first-order chi connectivity index (χ1) is 13.9. The molecule has 29 heavy (non-hydrogen) atoms. The van der Waals surface area contributed by atoms with Crippen molar-refractivity contribution in [1.82, 2.24) is 5.48 Å². The van der Waals surface area contributed by atoms with Gasteiger partial charge in [-0.3, -0.25) is 0 Å². The first kappa shape index (κ1) is 29.0. The third kappa shape index (κ3) is 16.4. The van der Waals surface area contributed by atoms with Crippen molar-refractivity contribution in [2.45, 2.75) is 105 Å². The molecule has 0 atom stereocenters. The van der Waals surface area contributed by atoms with Crippen LogP contribution in [-0.4, -0.2) is 41.8 Å². The van der Waals surface area contributed by atoms with Crippen molar-refractivity contribution in [2.75, 3.05) is 33.0 Å². The minimum Gasteiger partial charge on any atom is -0.374 e. The Morgan fingerprint density at radius 3 is 1.93 bits per heavy atom. The maximum atomic E-state index is 5.96. The monoisotopic (exact) mass is 432 g/mol. The van der Waals surface area contributed by atoms with Gasteiger partial charge in [0.2, 0.25) is 0 Å². The molecule has 0 aliphatic carbocycles. The summed E-state index contributed by atoms with van der Waals surface area (Å²) in [4.78, 5) is 5.66. The molecule has 0 heterocycles. The van der Waals surface area contributed by atoms with Crippen LogP contribution in [0.1, 0.15) is 99.3 Å². The average molecular weight is 433 g/mol. The maximum absolute atomic E-state index is 5.96. The third-order valence-electron chi connectivity index (χ3n) is 5.02. The Bertz CT molecular complexity index is 339. The second-order valence-electron chi connectivity index (χ2n) is 8.45. The standard InChI is InChI=1S/C23H50NO4Si/c1-7-11-12-13-14-15-16-17-18-20-25-24-22-23(5,6)19-21-29(26-8-2,27-9-3)28-10-4/h15,24H,7-14,16-22H2,1-6H3. The van der Waals surface area contributed by atoms with Gasteiger partial charge in [0.25, 0.3) is 0 Å². The fourth-order valence-corrected chi connectivity index (χ4v) is 6.21. The second kappa shape index (κ2) is 18.8. The third-order valence-corrected chi connectivity index (χ3v) is 8.07. The fraction of sp³-hybridized carbons (Fsp3) is 0.957. The predicted molar refractivity (Wildman–Crippen MR) is 125 cm³/mol. The molecule has 0 bridgehead atoms. The van der Waals surface area contributed by atoms with Crippen LogP contribution < -0.4 is 5.48 Å². The van der Waals surface area contributed by atoms with Crippen LogP contribution in [0.15, 0.2) is 0 Å². The van der Waals surface area contributed by atoms with Gasteiger partial charge in [-0.05, 0) is 45.4 Å². The van der Waals surface area contributed by atoms with E-state index in [1.165, 1.54) is 44.9 Å². The Kier molecular flexibility index (Phi) is 18.8. The molecule has 0 rings (SSSR count). The number of rotatable bonds is 22. The van der Waals surface area contributed by atoms with E-state index in [9.17, 15) is 0 Å². The summed E-state index contributed by atoms with van der Waals surface area (Å²) >= 11 is 0. The van der Waals surface area contributed by atoms with Crippen LogP contribution in [0.3, 0.4) is 0 Å². The zero-order valence-corrected chi connectivity index (χ0v) is 21.3. The molecule has 0 aromatic rings. The quantitative estimate of drug-likeness (QED) is 0.123. The number of nitrogens with one attached hydrogen (secondary N) is 1. The maximum Gasteiger partial charge on any atom is 0.500 e. The molecule has 0 aliphatic rings. The lowest BCUT2D eigenvalue weighted by Gasteiger charge is -2.32. The minimum atomic E-state index is -2.56. The van der Waals surface area contributed by atoms with Crippen molar-refractivity contribution in [3.63, 3.8) is 0 Å². The highest BCUT2D eigenvalue weighted by Crippen LogP contribution is 2.28. The lowest BCUT2D eigenvalue weighted by Crippen LogP contribution is -2.47. The first-order valence-electron chi connectivity index (χ1n) is 12.0. The van der Waals surface area contributed by atoms with Gasteiger partial charge in [-0.25, -0.2) is 5.48 Å². The fourth-order valence-electron chi connectivity index (χ4n) is 3.22. The summed E-state index contributed by atoms with van der Waals surface area (Å²) < 4.78 is 17.9. The van der Waals surface area contributed by atoms with E-state index in [4.69, 9.17) is 18.1 Å². The molecule has 6 heteroatoms. The molecule has 1 N–H and O–H groups in total. The van der Waals surface area contributed by atoms with Crippen LogP contribution in [0.4, 0.5) is 0 Å². The van der Waals surface area contributed by atoms with Crippen molar-refractivity contribution in [1.29, 1.82) is 0 Å². The van der Waals surface area contributed by atoms with Crippen LogP contribution in [0.5, 0.6) is 0 Å². The number of hydroxylamine groups is 1. The Balaban J connectivity index is 3.88. The van der Waals surface area contributed by atoms with Gasteiger partial charge in [-0.1, -0.05) is 65.7 Å². The molecule has 0 saturated heterocycles. The highest BCUT2D eigenvalue weighted by atomic mass is 28.4. The summed E-state index contributed by atoms with van der Waals surface area (Å²) in [5.74, 6) is 0. The van der Waals surface area contributed by atoms with Crippen LogP contribution in [-0.2, 0) is 18.1 Å². The zero-order valence-electron chi connectivity index (χ0n) is 20.3. The van der Waals surface area contributed by atoms with Gasteiger partial charge >= 0.3 is 8.80 Å². The van der Waals surface area contributed by atoms with Gasteiger partial charge in [-0.15, -0.1) is 0 Å². The van der Waals surface area contributed by atoms with Gasteiger partial charge in [0.05, 0.1) is 6.61 Å². The molecule has 0 aliphatic heterocycles. The molecular formula is C23H50NO4Si. The summed E-state index contributed by atoms with van der Waals surface area (Å²) in [6.07, 6.45) is 13.6. The Morgan fingerprint density at radius 1 is 0.793 bits per heavy atom. The van der Waals surface area contributed by atoms with E-state index >= 15 is 0 Å². The normalized spacial score (nSPS) is 12.6. The van der Waals surface area contributed by atoms with E-state index in [-0.39, 0.29) is 5.41 Å². The molecule has 0 spiro atoms. The number of hydrogen-bond acceptors (Lipinski definition) is 5. The van der Waals surface area contributed by atoms with Crippen LogP contribution in [0, 0.1) is 11.8 Å². The van der Waals surface area contributed by atoms with Crippen LogP contribution >= 0.6 is 0 Å². The number of unbranched alkanes of at least 4 members (excludes halogenated alkanes) is 8. The predicted octanol–water partition coefficient (Wildman–Crippen LogP) is 6.32. The Hall–Kier alpha value is 0.0169. The van der Waals surface area contributed by atoms with Crippen molar-refractivity contribution in [2.24, 2.45) is 5.41 Å². The van der Waals surface area contributed by atoms with E-state index in [0.717, 1.165) is 32.0 Å². The molecule has 5 nitrogen and oxygen atoms in total. The van der Waals surface area contributed by atoms with Crippen LogP contribution in [0.2, 0.25) is 6.04 Å². The molecule has 1 radical (unpaired) electrons. The second-order valence-corrected chi connectivity index (χ2v) is 11.2. The van der Waals surface area contributed by atoms with E-state index in [1.54, 1.807) is 0 Å². The van der Waals surface area contributed by atoms with E-state index < -0.39 is 8.80 Å². The largest absolute Gasteiger partial charge is 0.500 e. The average Bonchev–Trinajstić information content (AvgIpc) is 2.68. The lowest BCUT2D eigenvalue weighted by molar-refractivity contribution is 0.0164. The summed E-state index contributed by atoms with van der Waals surface area (Å²) in [6, 6.07) is 0.839. The highest BCUT2D eigenvalue weighted by Gasteiger charge is 2.41. The molecule has 0 unspecified atom stereocenters. The number of hydrogen-bond donors (Lipinski definition) is 1. The van der Waals surface area contributed by atoms with Crippen molar-refractivity contribution in [3.05, 3.63) is 6.42 Å². The molecule has 0 aromatic heterocycles. The molecular weight excluding hydrogens is 382 g/mol. The molecule has 0 aromatic carbocycles. The molecule has 0 amide bonds. The van der Waals surface area contributed by atoms with Gasteiger partial charge in [-0.2, -0.15) is 0 Å². The highest BCUT2D eigenvalue weighted by molar-refractivity contribution is 6.60. The Morgan fingerprint density at radius 2 is 1.38 bits per heavy atom. The summed E-state index contributed by atoms with van der Waals surface area (Å²) in [5.41, 5.74) is 3.26. The van der Waals surface area contributed by atoms with Crippen LogP contribution in [0.25, 0.3) is 0 Å². The van der Waals surface area contributed by atoms with E-state index in [2.05, 4.69) is 32.7 Å². The summed E-state index contributed by atoms with van der Waals surface area (Å²) in [5, 5.41) is 0. The molecule has 0 saturated carbocycles. The molecule has 0 fully saturated rings. The SMILES string of the molecule is CCCCCC[CH]CCCCONCC(C)(C)CC[Si](OCC)(OCC)OCC. The summed E-state index contributed by atoms with van der Waals surface area (Å²) in [6.45, 7) is 16.2. The van der Waals surface area contributed by atoms with Crippen molar-refractivity contribution >= 4 is 8.80 Å². The van der Waals surface area contributed by atoms with Crippen molar-refractivity contribution < 1.29 is 18.1 Å². The Labute approximate surface area is 182 Å². The van der Waals surface area contributed by atoms with E-state index in [0.29, 0.717) is 19.8 Å². The van der Waals surface area contributed by atoms with E-state index in [1.807, 2.05) is 20.8 Å². The zero-order chi connectivity index (χ0) is 21.8. The van der Waals surface area contributed by atoms with Gasteiger partial charge in [0.1, 0.15) is 0 Å². The van der Waals surface area contributed by atoms with Crippen molar-refractivity contribution in [3.8, 4) is 0 Å².